The van der Waals surface area contributed by atoms with Gasteiger partial charge in [0.15, 0.2) is 6.10 Å². The van der Waals surface area contributed by atoms with E-state index >= 15 is 0 Å². The topological polar surface area (TPSA) is 114 Å². The molecule has 0 radical (unpaired) electrons. The van der Waals surface area contributed by atoms with Crippen molar-refractivity contribution in [2.75, 3.05) is 11.0 Å². The Labute approximate surface area is 180 Å². The molecule has 9 heteroatoms. The van der Waals surface area contributed by atoms with Crippen LogP contribution >= 0.6 is 0 Å². The van der Waals surface area contributed by atoms with Gasteiger partial charge in [-0.2, -0.15) is 0 Å². The van der Waals surface area contributed by atoms with Crippen LogP contribution in [0, 0.1) is 6.92 Å². The molecule has 0 fully saturated rings. The van der Waals surface area contributed by atoms with E-state index in [9.17, 15) is 18.0 Å². The van der Waals surface area contributed by atoms with E-state index in [1.54, 1.807) is 26.0 Å². The normalized spacial score (nSPS) is 12.1. The molecule has 0 aliphatic carbocycles. The summed E-state index contributed by atoms with van der Waals surface area (Å²) in [6.07, 6.45) is 0.165. The number of nitrogens with one attached hydrogen (secondary N) is 3. The van der Waals surface area contributed by atoms with E-state index in [4.69, 9.17) is 4.74 Å². The predicted molar refractivity (Wildman–Crippen MR) is 119 cm³/mol. The van der Waals surface area contributed by atoms with Crippen LogP contribution in [0.3, 0.4) is 0 Å². The van der Waals surface area contributed by atoms with Crippen LogP contribution in [-0.4, -0.2) is 32.6 Å². The van der Waals surface area contributed by atoms with E-state index in [-0.39, 0.29) is 11.3 Å². The average Bonchev–Trinajstić information content (AvgIpc) is 2.72. The standard InChI is InChI=1S/C22H23N3O5S/c1-14-8-9-18(13-20(14)25-31(3,28)29)22(27)24-23-21(26)15(2)30-19-11-10-16-6-4-5-7-17(16)12-19/h4-13,15,25H,1-3H3,(H,23,26)(H,24,27)/t15-/m1/s1. The number of benzene rings is 3. The summed E-state index contributed by atoms with van der Waals surface area (Å²) in [6.45, 7) is 3.28. The van der Waals surface area contributed by atoms with Gasteiger partial charge in [0.05, 0.1) is 11.9 Å². The Morgan fingerprint density at radius 1 is 0.935 bits per heavy atom. The fourth-order valence-electron chi connectivity index (χ4n) is 2.86. The minimum Gasteiger partial charge on any atom is -0.481 e. The molecule has 0 aliphatic heterocycles. The minimum atomic E-state index is -3.49. The van der Waals surface area contributed by atoms with Crippen molar-refractivity contribution >= 4 is 38.3 Å². The molecular formula is C22H23N3O5S. The Morgan fingerprint density at radius 3 is 2.35 bits per heavy atom. The molecule has 8 nitrogen and oxygen atoms in total. The zero-order chi connectivity index (χ0) is 22.6. The smallest absolute Gasteiger partial charge is 0.279 e. The van der Waals surface area contributed by atoms with Crippen molar-refractivity contribution in [3.05, 3.63) is 71.8 Å². The van der Waals surface area contributed by atoms with Crippen molar-refractivity contribution in [1.29, 1.82) is 0 Å². The summed E-state index contributed by atoms with van der Waals surface area (Å²) in [5.74, 6) is -0.603. The third kappa shape index (κ3) is 5.95. The summed E-state index contributed by atoms with van der Waals surface area (Å²) in [5, 5.41) is 2.04. The molecule has 1 atom stereocenters. The maximum absolute atomic E-state index is 12.4. The predicted octanol–water partition coefficient (Wildman–Crippen LogP) is 2.75. The molecule has 0 spiro atoms. The molecular weight excluding hydrogens is 418 g/mol. The van der Waals surface area contributed by atoms with Crippen molar-refractivity contribution in [3.63, 3.8) is 0 Å². The Hall–Kier alpha value is -3.59. The minimum absolute atomic E-state index is 0.181. The van der Waals surface area contributed by atoms with Crippen LogP contribution in [0.25, 0.3) is 10.8 Å². The van der Waals surface area contributed by atoms with Gasteiger partial charge in [0.1, 0.15) is 5.75 Å². The molecule has 2 amide bonds. The lowest BCUT2D eigenvalue weighted by molar-refractivity contribution is -0.128. The maximum atomic E-state index is 12.4. The highest BCUT2D eigenvalue weighted by Gasteiger charge is 2.17. The molecule has 0 aromatic heterocycles. The van der Waals surface area contributed by atoms with Crippen molar-refractivity contribution in [2.24, 2.45) is 0 Å². The SMILES string of the molecule is Cc1ccc(C(=O)NNC(=O)[C@@H](C)Oc2ccc3ccccc3c2)cc1NS(C)(=O)=O. The van der Waals surface area contributed by atoms with E-state index in [1.165, 1.54) is 12.1 Å². The number of hydrazine groups is 1. The first-order valence-electron chi connectivity index (χ1n) is 9.46. The van der Waals surface area contributed by atoms with Gasteiger partial charge in [-0.3, -0.25) is 25.2 Å². The average molecular weight is 442 g/mol. The molecule has 162 valence electrons. The van der Waals surface area contributed by atoms with Crippen LogP contribution in [0.4, 0.5) is 5.69 Å². The molecule has 3 rings (SSSR count). The fourth-order valence-corrected chi connectivity index (χ4v) is 3.48. The van der Waals surface area contributed by atoms with Crippen LogP contribution in [0.15, 0.2) is 60.7 Å². The van der Waals surface area contributed by atoms with E-state index in [2.05, 4.69) is 15.6 Å². The molecule has 0 bridgehead atoms. The van der Waals surface area contributed by atoms with Gasteiger partial charge in [-0.15, -0.1) is 0 Å². The molecule has 0 heterocycles. The lowest BCUT2D eigenvalue weighted by atomic mass is 10.1. The van der Waals surface area contributed by atoms with E-state index in [1.807, 2.05) is 36.4 Å². The number of sulfonamides is 1. The summed E-state index contributed by atoms with van der Waals surface area (Å²) in [7, 11) is -3.49. The summed E-state index contributed by atoms with van der Waals surface area (Å²) in [5.41, 5.74) is 5.75. The first kappa shape index (κ1) is 22.1. The summed E-state index contributed by atoms with van der Waals surface area (Å²) >= 11 is 0. The van der Waals surface area contributed by atoms with Crippen LogP contribution in [0.5, 0.6) is 5.75 Å². The van der Waals surface area contributed by atoms with Gasteiger partial charge >= 0.3 is 0 Å². The highest BCUT2D eigenvalue weighted by molar-refractivity contribution is 7.92. The van der Waals surface area contributed by atoms with Crippen molar-refractivity contribution < 1.29 is 22.7 Å². The quantitative estimate of drug-likeness (QED) is 0.509. The van der Waals surface area contributed by atoms with Gasteiger partial charge in [0.25, 0.3) is 11.8 Å². The number of carbonyl (C=O) groups excluding carboxylic acids is 2. The van der Waals surface area contributed by atoms with Gasteiger partial charge < -0.3 is 4.74 Å². The largest absolute Gasteiger partial charge is 0.481 e. The lowest BCUT2D eigenvalue weighted by Gasteiger charge is -2.16. The number of aryl methyl sites for hydroxylation is 1. The number of ether oxygens (including phenoxy) is 1. The molecule has 3 aromatic rings. The highest BCUT2D eigenvalue weighted by Crippen LogP contribution is 2.21. The van der Waals surface area contributed by atoms with E-state index in [0.717, 1.165) is 17.0 Å². The monoisotopic (exact) mass is 441 g/mol. The number of hydrogen-bond acceptors (Lipinski definition) is 5. The number of rotatable bonds is 6. The molecule has 31 heavy (non-hydrogen) atoms. The number of anilines is 1. The second-order valence-corrected chi connectivity index (χ2v) is 8.86. The second kappa shape index (κ2) is 9.05. The number of amides is 2. The first-order chi connectivity index (χ1) is 14.6. The number of carbonyl (C=O) groups is 2. The Balaban J connectivity index is 1.60. The molecule has 3 N–H and O–H groups in total. The maximum Gasteiger partial charge on any atom is 0.279 e. The Morgan fingerprint density at radius 2 is 1.65 bits per heavy atom. The molecule has 0 aliphatic rings. The van der Waals surface area contributed by atoms with Crippen molar-refractivity contribution in [3.8, 4) is 5.75 Å². The van der Waals surface area contributed by atoms with Gasteiger partial charge in [-0.05, 0) is 54.4 Å². The van der Waals surface area contributed by atoms with Crippen molar-refractivity contribution in [2.45, 2.75) is 20.0 Å². The van der Waals surface area contributed by atoms with Crippen LogP contribution in [-0.2, 0) is 14.8 Å². The summed E-state index contributed by atoms with van der Waals surface area (Å²) in [4.78, 5) is 24.7. The van der Waals surface area contributed by atoms with Gasteiger partial charge in [0, 0.05) is 5.56 Å². The fraction of sp³-hybridized carbons (Fsp3) is 0.182. The zero-order valence-corrected chi connectivity index (χ0v) is 18.1. The summed E-state index contributed by atoms with van der Waals surface area (Å²) < 4.78 is 31.0. The van der Waals surface area contributed by atoms with Crippen LogP contribution < -0.4 is 20.3 Å². The molecule has 3 aromatic carbocycles. The number of fused-ring (bicyclic) bond motifs is 1. The highest BCUT2D eigenvalue weighted by atomic mass is 32.2. The molecule has 0 saturated heterocycles. The van der Waals surface area contributed by atoms with E-state index < -0.39 is 27.9 Å². The lowest BCUT2D eigenvalue weighted by Crippen LogP contribution is -2.47. The third-order valence-corrected chi connectivity index (χ3v) is 5.09. The zero-order valence-electron chi connectivity index (χ0n) is 17.3. The Kier molecular flexibility index (Phi) is 6.45. The van der Waals surface area contributed by atoms with Crippen LogP contribution in [0.2, 0.25) is 0 Å². The Bertz CT molecular complexity index is 1240. The molecule has 0 unspecified atom stereocenters. The van der Waals surface area contributed by atoms with Crippen molar-refractivity contribution in [1.82, 2.24) is 10.9 Å². The first-order valence-corrected chi connectivity index (χ1v) is 11.4. The van der Waals surface area contributed by atoms with Crippen LogP contribution in [0.1, 0.15) is 22.8 Å². The van der Waals surface area contributed by atoms with Gasteiger partial charge in [-0.1, -0.05) is 36.4 Å². The third-order valence-electron chi connectivity index (χ3n) is 4.50. The van der Waals surface area contributed by atoms with Gasteiger partial charge in [0.2, 0.25) is 10.0 Å². The summed E-state index contributed by atoms with van der Waals surface area (Å²) in [6, 6.07) is 17.8. The molecule has 0 saturated carbocycles. The van der Waals surface area contributed by atoms with E-state index in [0.29, 0.717) is 11.3 Å². The van der Waals surface area contributed by atoms with Gasteiger partial charge in [-0.25, -0.2) is 8.42 Å². The second-order valence-electron chi connectivity index (χ2n) is 7.12. The number of hydrogen-bond donors (Lipinski definition) is 3.